The number of ether oxygens (including phenoxy) is 3. The van der Waals surface area contributed by atoms with Gasteiger partial charge in [0.1, 0.15) is 12.9 Å². The first kappa shape index (κ1) is 60.1. The number of Topliss-reactive ketones (excluding diaryl/α,β-unsaturated/α-hetero) is 1. The number of carbonyl (C=O) groups is 4. The number of hydrogen-bond donors (Lipinski definition) is 3. The number of ketones is 1. The number of aliphatic hydroxyl groups excluding tert-OH is 2. The Bertz CT molecular complexity index is 2000. The maximum absolute atomic E-state index is 12.1. The third-order valence-corrected chi connectivity index (χ3v) is 22.4. The van der Waals surface area contributed by atoms with Crippen molar-refractivity contribution >= 4 is 29.4 Å². The molecule has 0 unspecified atom stereocenters. The number of aliphatic hydroxyl groups is 2. The summed E-state index contributed by atoms with van der Waals surface area (Å²) in [5.41, 5.74) is 11.7. The minimum absolute atomic E-state index is 0.0623. The zero-order valence-electron chi connectivity index (χ0n) is 48.6. The number of allylic oxidation sites excluding steroid dienone is 2. The van der Waals surface area contributed by atoms with E-state index in [1.54, 1.807) is 14.0 Å². The molecular formula is C62H102N2O10. The number of hydrogen-bond acceptors (Lipinski definition) is 12. The molecule has 15 aliphatic rings. The van der Waals surface area contributed by atoms with Gasteiger partial charge in [-0.05, 0) is 183 Å². The fourth-order valence-electron chi connectivity index (χ4n) is 16.3. The Morgan fingerprint density at radius 2 is 1.05 bits per heavy atom. The maximum Gasteiger partial charge on any atom is 0.306 e. The fourth-order valence-corrected chi connectivity index (χ4v) is 16.3. The Balaban J connectivity index is 0.000000152. The SMILES string of the molecule is C=C1[C@@H](CC(=O)OCC)C[C@H]2C[C@@H]1C2(C)C.CC1(C)[C@H]2CC=C(CO)[C@@H]1C2.CC1(C)[C@H]2C[C@H](CCO)[C@@H](N)[C@@H]1C2.CCOC(=O)C[C@H]1C[C@H]2C[C@@H](/C1=N/OC)C2(C)C.CCOC(=O)C[C@H]1C[C@H]2C[C@@H](C1=O)C2(C)C. The number of carbonyl (C=O) groups excluding carboxylic acids is 4. The van der Waals surface area contributed by atoms with Crippen molar-refractivity contribution in [3.05, 3.63) is 23.8 Å². The molecule has 0 saturated heterocycles. The summed E-state index contributed by atoms with van der Waals surface area (Å²) in [6, 6.07) is 0.340. The highest BCUT2D eigenvalue weighted by atomic mass is 16.6. The Morgan fingerprint density at radius 3 is 1.46 bits per heavy atom. The quantitative estimate of drug-likeness (QED) is 0.0690. The smallest absolute Gasteiger partial charge is 0.306 e. The van der Waals surface area contributed by atoms with Gasteiger partial charge in [0.2, 0.25) is 0 Å². The lowest BCUT2D eigenvalue weighted by atomic mass is 9.45. The third kappa shape index (κ3) is 12.0. The van der Waals surface area contributed by atoms with Crippen molar-refractivity contribution in [1.82, 2.24) is 0 Å². The van der Waals surface area contributed by atoms with Gasteiger partial charge in [-0.15, -0.1) is 0 Å². The molecule has 0 aromatic heterocycles. The molecule has 420 valence electrons. The van der Waals surface area contributed by atoms with Gasteiger partial charge in [-0.3, -0.25) is 19.2 Å². The van der Waals surface area contributed by atoms with E-state index in [0.29, 0.717) is 120 Å². The first-order valence-corrected chi connectivity index (χ1v) is 29.1. The summed E-state index contributed by atoms with van der Waals surface area (Å²) in [7, 11) is 1.58. The summed E-state index contributed by atoms with van der Waals surface area (Å²) in [5.74, 6) is 7.53. The second-order valence-corrected chi connectivity index (χ2v) is 27.3. The zero-order chi connectivity index (χ0) is 54.9. The van der Waals surface area contributed by atoms with Crippen molar-refractivity contribution in [2.24, 2.45) is 121 Å². The molecule has 13 saturated carbocycles. The van der Waals surface area contributed by atoms with E-state index >= 15 is 0 Å². The Labute approximate surface area is 446 Å². The molecule has 10 bridgehead atoms. The molecule has 0 aliphatic heterocycles. The fraction of sp³-hybridized carbons (Fsp3) is 0.855. The molecule has 4 N–H and O–H groups in total. The van der Waals surface area contributed by atoms with Gasteiger partial charge < -0.3 is 35.0 Å². The van der Waals surface area contributed by atoms with Gasteiger partial charge in [0, 0.05) is 36.3 Å². The molecule has 0 heterocycles. The highest BCUT2D eigenvalue weighted by Crippen LogP contribution is 2.64. The lowest BCUT2D eigenvalue weighted by molar-refractivity contribution is -0.162. The number of esters is 3. The molecule has 15 rings (SSSR count). The van der Waals surface area contributed by atoms with Gasteiger partial charge in [0.15, 0.2) is 0 Å². The van der Waals surface area contributed by atoms with Gasteiger partial charge in [0.25, 0.3) is 0 Å². The summed E-state index contributed by atoms with van der Waals surface area (Å²) in [5, 5.41) is 22.2. The predicted molar refractivity (Wildman–Crippen MR) is 291 cm³/mol. The minimum Gasteiger partial charge on any atom is -0.466 e. The van der Waals surface area contributed by atoms with E-state index in [2.05, 4.69) is 87.0 Å². The van der Waals surface area contributed by atoms with Crippen molar-refractivity contribution in [2.75, 3.05) is 40.1 Å². The number of nitrogens with two attached hydrogens (primary N) is 1. The average molecular weight is 1040 g/mol. The normalized spacial score (nSPS) is 37.9. The van der Waals surface area contributed by atoms with E-state index in [1.807, 2.05) is 13.8 Å². The molecule has 13 fully saturated rings. The molecule has 12 heteroatoms. The molecule has 0 aromatic carbocycles. The number of oxime groups is 1. The topological polar surface area (TPSA) is 184 Å². The monoisotopic (exact) mass is 1030 g/mol. The Hall–Kier alpha value is -3.09. The lowest BCUT2D eigenvalue weighted by Crippen LogP contribution is -2.61. The van der Waals surface area contributed by atoms with Crippen LogP contribution in [0.3, 0.4) is 0 Å². The van der Waals surface area contributed by atoms with Crippen LogP contribution in [0.15, 0.2) is 29.0 Å². The molecule has 15 atom stereocenters. The van der Waals surface area contributed by atoms with E-state index in [-0.39, 0.29) is 54.1 Å². The van der Waals surface area contributed by atoms with Gasteiger partial charge in [-0.25, -0.2) is 0 Å². The first-order valence-electron chi connectivity index (χ1n) is 29.1. The number of rotatable bonds is 13. The van der Waals surface area contributed by atoms with Crippen LogP contribution in [0.1, 0.15) is 180 Å². The van der Waals surface area contributed by atoms with Crippen LogP contribution < -0.4 is 5.73 Å². The summed E-state index contributed by atoms with van der Waals surface area (Å²) >= 11 is 0. The Kier molecular flexibility index (Phi) is 19.4. The molecule has 0 spiro atoms. The highest BCUT2D eigenvalue weighted by molar-refractivity contribution is 5.94. The average Bonchev–Trinajstić information content (AvgIpc) is 3.34. The van der Waals surface area contributed by atoms with E-state index in [0.717, 1.165) is 55.6 Å². The van der Waals surface area contributed by atoms with Gasteiger partial charge >= 0.3 is 17.9 Å². The molecule has 0 aromatic rings. The first-order chi connectivity index (χ1) is 34.7. The van der Waals surface area contributed by atoms with Crippen molar-refractivity contribution in [1.29, 1.82) is 0 Å². The van der Waals surface area contributed by atoms with Crippen LogP contribution in [0.5, 0.6) is 0 Å². The largest absolute Gasteiger partial charge is 0.466 e. The summed E-state index contributed by atoms with van der Waals surface area (Å²) in [6.45, 7) is 34.5. The molecule has 15 aliphatic carbocycles. The second kappa shape index (κ2) is 23.9. The zero-order valence-corrected chi connectivity index (χ0v) is 48.6. The van der Waals surface area contributed by atoms with Crippen molar-refractivity contribution in [3.63, 3.8) is 0 Å². The van der Waals surface area contributed by atoms with Crippen LogP contribution in [0.2, 0.25) is 0 Å². The van der Waals surface area contributed by atoms with Crippen LogP contribution in [0.25, 0.3) is 0 Å². The Morgan fingerprint density at radius 1 is 0.608 bits per heavy atom. The second-order valence-electron chi connectivity index (χ2n) is 27.3. The summed E-state index contributed by atoms with van der Waals surface area (Å²) in [6.07, 6.45) is 16.0. The van der Waals surface area contributed by atoms with E-state index in [9.17, 15) is 19.2 Å². The van der Waals surface area contributed by atoms with E-state index in [1.165, 1.54) is 49.7 Å². The molecule has 74 heavy (non-hydrogen) atoms. The van der Waals surface area contributed by atoms with Crippen LogP contribution in [0, 0.1) is 110 Å². The van der Waals surface area contributed by atoms with Crippen LogP contribution in [-0.2, 0) is 38.2 Å². The summed E-state index contributed by atoms with van der Waals surface area (Å²) < 4.78 is 15.0. The molecular weight excluding hydrogens is 933 g/mol. The van der Waals surface area contributed by atoms with Crippen molar-refractivity contribution in [2.45, 2.75) is 186 Å². The van der Waals surface area contributed by atoms with Gasteiger partial charge in [0.05, 0.1) is 51.4 Å². The molecule has 12 nitrogen and oxygen atoms in total. The lowest BCUT2D eigenvalue weighted by Gasteiger charge is -2.61. The van der Waals surface area contributed by atoms with Crippen molar-refractivity contribution < 1.29 is 48.4 Å². The third-order valence-electron chi connectivity index (χ3n) is 22.4. The highest BCUT2D eigenvalue weighted by Gasteiger charge is 2.60. The standard InChI is InChI=1S/C14H23NO3.C14H22O2.C13H20O3.C11H21NO.C10H16O/c1-5-18-12(16)7-9-6-10-8-11(14(10,2)3)13(9)15-17-4;1-5-16-13(15)7-10-6-11-8-12(9(10)2)14(11,3)4;1-4-16-11(14)6-8-5-9-7-10(12(8)15)13(9,2)3;1-11(2)8-5-7(3-4-13)10(12)9(11)6-8;1-10(2)8-4-3-7(6-11)9(10)5-8/h9-11H,5-8H2,1-4H3;10-12H,2,5-8H2,1,3-4H3;8-10H,4-7H2,1-3H3;7-10,13H,3-6,12H2,1-2H3;3,8-9,11H,4-6H2,1-2H3/b15-13+;;;;/t9-,10+,11+;10-,11+,12+;8-,9+,10+;7-,8-,9-,10+;8-,9-/m11100/s1. The van der Waals surface area contributed by atoms with Crippen LogP contribution in [-0.4, -0.2) is 85.8 Å². The van der Waals surface area contributed by atoms with E-state index < -0.39 is 0 Å². The van der Waals surface area contributed by atoms with Gasteiger partial charge in [-0.2, -0.15) is 0 Å². The summed E-state index contributed by atoms with van der Waals surface area (Å²) in [4.78, 5) is 51.6. The minimum atomic E-state index is -0.222. The number of nitrogens with zero attached hydrogens (tertiary/aromatic N) is 1. The molecule has 0 amide bonds. The molecule has 0 radical (unpaired) electrons. The van der Waals surface area contributed by atoms with Crippen LogP contribution in [0.4, 0.5) is 0 Å². The predicted octanol–water partition coefficient (Wildman–Crippen LogP) is 11.3. The number of fused-ring (bicyclic) bond motifs is 9. The van der Waals surface area contributed by atoms with Crippen LogP contribution >= 0.6 is 0 Å². The maximum atomic E-state index is 12.1. The van der Waals surface area contributed by atoms with E-state index in [4.69, 9.17) is 35.0 Å². The van der Waals surface area contributed by atoms with Crippen molar-refractivity contribution in [3.8, 4) is 0 Å². The van der Waals surface area contributed by atoms with Gasteiger partial charge in [-0.1, -0.05) is 92.6 Å².